The summed E-state index contributed by atoms with van der Waals surface area (Å²) in [6, 6.07) is 0. The van der Waals surface area contributed by atoms with Gasteiger partial charge in [-0.05, 0) is 69.6 Å². The van der Waals surface area contributed by atoms with Crippen LogP contribution in [0.4, 0.5) is 0 Å². The van der Waals surface area contributed by atoms with Crippen molar-refractivity contribution in [2.75, 3.05) is 13.1 Å². The van der Waals surface area contributed by atoms with Crippen LogP contribution in [0.1, 0.15) is 65.7 Å². The molecule has 20 heavy (non-hydrogen) atoms. The first kappa shape index (κ1) is 15.1. The molecule has 0 aromatic heterocycles. The van der Waals surface area contributed by atoms with Crippen molar-refractivity contribution in [1.82, 2.24) is 4.90 Å². The van der Waals surface area contributed by atoms with Gasteiger partial charge in [0.1, 0.15) is 4.32 Å². The zero-order chi connectivity index (χ0) is 14.4. The molecule has 3 heteroatoms. The van der Waals surface area contributed by atoms with Gasteiger partial charge >= 0.3 is 0 Å². The SMILES string of the molecule is CCN(CC)C(=S)SC12C[C@@H]3C[C@@H](CC(CC)(C3)C1)C2. The third kappa shape index (κ3) is 2.54. The summed E-state index contributed by atoms with van der Waals surface area (Å²) in [6.45, 7) is 9.00. The van der Waals surface area contributed by atoms with Crippen molar-refractivity contribution in [3.05, 3.63) is 0 Å². The van der Waals surface area contributed by atoms with E-state index in [9.17, 15) is 0 Å². The Hall–Kier alpha value is 0.240. The number of hydrogen-bond donors (Lipinski definition) is 0. The molecule has 4 fully saturated rings. The topological polar surface area (TPSA) is 3.24 Å². The fourth-order valence-electron chi connectivity index (χ4n) is 5.63. The third-order valence-electron chi connectivity index (χ3n) is 6.20. The van der Waals surface area contributed by atoms with E-state index in [0.29, 0.717) is 10.2 Å². The predicted octanol–water partition coefficient (Wildman–Crippen LogP) is 5.10. The van der Waals surface area contributed by atoms with Crippen molar-refractivity contribution >= 4 is 28.3 Å². The second-order valence-electron chi connectivity index (χ2n) is 7.54. The largest absolute Gasteiger partial charge is 0.358 e. The van der Waals surface area contributed by atoms with E-state index < -0.39 is 0 Å². The Labute approximate surface area is 134 Å². The lowest BCUT2D eigenvalue weighted by Gasteiger charge is -2.62. The molecule has 4 aliphatic carbocycles. The summed E-state index contributed by atoms with van der Waals surface area (Å²) < 4.78 is 1.67. The standard InChI is InChI=1S/C17H29NS2/c1-4-16-8-13-7-14(9-16)11-17(10-13,12-16)20-15(19)18(5-2)6-3/h13-14H,4-12H2,1-3H3/t13-,14+,16?,17?. The third-order valence-corrected chi connectivity index (χ3v) is 8.06. The van der Waals surface area contributed by atoms with E-state index in [2.05, 4.69) is 37.4 Å². The quantitative estimate of drug-likeness (QED) is 0.665. The van der Waals surface area contributed by atoms with Gasteiger partial charge in [0, 0.05) is 17.8 Å². The molecule has 114 valence electrons. The van der Waals surface area contributed by atoms with Crippen LogP contribution in [0.15, 0.2) is 0 Å². The maximum absolute atomic E-state index is 5.77. The fourth-order valence-corrected chi connectivity index (χ4v) is 8.19. The van der Waals surface area contributed by atoms with Gasteiger partial charge in [-0.15, -0.1) is 0 Å². The van der Waals surface area contributed by atoms with Crippen LogP contribution in [0, 0.1) is 17.3 Å². The zero-order valence-corrected chi connectivity index (χ0v) is 14.9. The first-order valence-corrected chi connectivity index (χ1v) is 9.74. The molecule has 0 aliphatic heterocycles. The van der Waals surface area contributed by atoms with Crippen LogP contribution in [-0.4, -0.2) is 27.1 Å². The van der Waals surface area contributed by atoms with E-state index in [0.717, 1.165) is 24.9 Å². The monoisotopic (exact) mass is 311 g/mol. The lowest BCUT2D eigenvalue weighted by Crippen LogP contribution is -2.54. The highest BCUT2D eigenvalue weighted by Crippen LogP contribution is 2.66. The zero-order valence-electron chi connectivity index (χ0n) is 13.3. The van der Waals surface area contributed by atoms with E-state index >= 15 is 0 Å². The van der Waals surface area contributed by atoms with Gasteiger partial charge in [0.2, 0.25) is 0 Å². The fraction of sp³-hybridized carbons (Fsp3) is 0.941. The van der Waals surface area contributed by atoms with Crippen molar-refractivity contribution in [3.8, 4) is 0 Å². The molecular formula is C17H29NS2. The molecular weight excluding hydrogens is 282 g/mol. The van der Waals surface area contributed by atoms with Crippen LogP contribution in [0.3, 0.4) is 0 Å². The van der Waals surface area contributed by atoms with Crippen LogP contribution in [0.5, 0.6) is 0 Å². The number of nitrogens with zero attached hydrogens (tertiary/aromatic N) is 1. The minimum Gasteiger partial charge on any atom is -0.358 e. The normalized spacial score (nSPS) is 42.0. The van der Waals surface area contributed by atoms with Crippen molar-refractivity contribution in [1.29, 1.82) is 0 Å². The lowest BCUT2D eigenvalue weighted by molar-refractivity contribution is -0.0390. The first-order valence-electron chi connectivity index (χ1n) is 8.51. The summed E-state index contributed by atoms with van der Waals surface area (Å²) in [7, 11) is 0. The average Bonchev–Trinajstić information content (AvgIpc) is 2.38. The maximum Gasteiger partial charge on any atom is 0.136 e. The minimum absolute atomic E-state index is 0.500. The number of thioether (sulfide) groups is 1. The molecule has 0 radical (unpaired) electrons. The first-order chi connectivity index (χ1) is 9.53. The van der Waals surface area contributed by atoms with Gasteiger partial charge in [-0.3, -0.25) is 0 Å². The predicted molar refractivity (Wildman–Crippen MR) is 93.2 cm³/mol. The smallest absolute Gasteiger partial charge is 0.136 e. The molecule has 0 heterocycles. The number of thiocarbonyl (C=S) groups is 1. The van der Waals surface area contributed by atoms with Crippen LogP contribution in [-0.2, 0) is 0 Å². The molecule has 0 aromatic rings. The summed E-state index contributed by atoms with van der Waals surface area (Å²) in [5.74, 6) is 2.01. The highest BCUT2D eigenvalue weighted by molar-refractivity contribution is 8.23. The Kier molecular flexibility index (Phi) is 4.14. The summed E-state index contributed by atoms with van der Waals surface area (Å²) >= 11 is 7.86. The van der Waals surface area contributed by atoms with Gasteiger partial charge in [0.05, 0.1) is 0 Å². The van der Waals surface area contributed by atoms with E-state index in [1.807, 2.05) is 0 Å². The van der Waals surface area contributed by atoms with Crippen molar-refractivity contribution in [3.63, 3.8) is 0 Å². The van der Waals surface area contributed by atoms with Crippen LogP contribution in [0.2, 0.25) is 0 Å². The Morgan fingerprint density at radius 1 is 1.10 bits per heavy atom. The van der Waals surface area contributed by atoms with Gasteiger partial charge in [-0.2, -0.15) is 0 Å². The van der Waals surface area contributed by atoms with Crippen LogP contribution < -0.4 is 0 Å². The minimum atomic E-state index is 0.500. The summed E-state index contributed by atoms with van der Waals surface area (Å²) in [4.78, 5) is 2.37. The van der Waals surface area contributed by atoms with E-state index in [1.165, 1.54) is 49.3 Å². The van der Waals surface area contributed by atoms with Gasteiger partial charge in [-0.1, -0.05) is 37.3 Å². The number of hydrogen-bond acceptors (Lipinski definition) is 2. The average molecular weight is 312 g/mol. The number of rotatable bonds is 4. The van der Waals surface area contributed by atoms with Crippen molar-refractivity contribution in [2.24, 2.45) is 17.3 Å². The second kappa shape index (κ2) is 5.46. The van der Waals surface area contributed by atoms with Gasteiger partial charge < -0.3 is 4.90 Å². The highest BCUT2D eigenvalue weighted by atomic mass is 32.2. The molecule has 0 N–H and O–H groups in total. The van der Waals surface area contributed by atoms with E-state index in [1.54, 1.807) is 0 Å². The van der Waals surface area contributed by atoms with Gasteiger partial charge in [-0.25, -0.2) is 0 Å². The summed E-state index contributed by atoms with van der Waals surface area (Å²) in [6.07, 6.45) is 10.3. The van der Waals surface area contributed by atoms with Gasteiger partial charge in [0.15, 0.2) is 0 Å². The highest BCUT2D eigenvalue weighted by Gasteiger charge is 2.57. The lowest BCUT2D eigenvalue weighted by atomic mass is 9.48. The van der Waals surface area contributed by atoms with E-state index in [4.69, 9.17) is 12.2 Å². The van der Waals surface area contributed by atoms with Crippen molar-refractivity contribution < 1.29 is 0 Å². The molecule has 0 amide bonds. The summed E-state index contributed by atoms with van der Waals surface area (Å²) in [5.41, 5.74) is 0.677. The second-order valence-corrected chi connectivity index (χ2v) is 9.64. The molecule has 4 saturated carbocycles. The van der Waals surface area contributed by atoms with E-state index in [-0.39, 0.29) is 0 Å². The molecule has 4 atom stereocenters. The van der Waals surface area contributed by atoms with Crippen LogP contribution in [0.25, 0.3) is 0 Å². The maximum atomic E-state index is 5.77. The van der Waals surface area contributed by atoms with Gasteiger partial charge in [0.25, 0.3) is 0 Å². The summed E-state index contributed by atoms with van der Waals surface area (Å²) in [5, 5.41) is 0. The molecule has 4 rings (SSSR count). The van der Waals surface area contributed by atoms with Crippen LogP contribution >= 0.6 is 24.0 Å². The molecule has 2 unspecified atom stereocenters. The Morgan fingerprint density at radius 2 is 1.70 bits per heavy atom. The molecule has 0 saturated heterocycles. The molecule has 0 aromatic carbocycles. The Bertz CT molecular complexity index is 374. The Morgan fingerprint density at radius 3 is 2.20 bits per heavy atom. The molecule has 4 aliphatic rings. The molecule has 1 nitrogen and oxygen atoms in total. The Balaban J connectivity index is 1.77. The molecule has 0 spiro atoms. The van der Waals surface area contributed by atoms with Crippen molar-refractivity contribution in [2.45, 2.75) is 70.5 Å². The molecule has 4 bridgehead atoms.